The predicted octanol–water partition coefficient (Wildman–Crippen LogP) is 6.79. The lowest BCUT2D eigenvalue weighted by atomic mass is 9.84. The second kappa shape index (κ2) is 13.0. The summed E-state index contributed by atoms with van der Waals surface area (Å²) in [4.78, 5) is 39.5. The first-order chi connectivity index (χ1) is 20.1. The number of pyridine rings is 2. The molecule has 0 bridgehead atoms. The minimum atomic E-state index is -0.932. The molecule has 2 amide bonds. The van der Waals surface area contributed by atoms with Gasteiger partial charge in [0.05, 0.1) is 34.7 Å². The van der Waals surface area contributed by atoms with Gasteiger partial charge in [0.15, 0.2) is 0 Å². The van der Waals surface area contributed by atoms with Crippen molar-refractivity contribution < 1.29 is 14.0 Å². The molecule has 2 unspecified atom stereocenters. The van der Waals surface area contributed by atoms with Crippen LogP contribution < -0.4 is 0 Å². The summed E-state index contributed by atoms with van der Waals surface area (Å²) < 4.78 is 6.59. The number of aryl methyl sites for hydroxylation is 1. The van der Waals surface area contributed by atoms with Crippen LogP contribution >= 0.6 is 0 Å². The van der Waals surface area contributed by atoms with E-state index >= 15 is 0 Å². The molecule has 3 aromatic rings. The standard InChI is InChI=1S/C34H43N4O3Si/c1-34(2,3)31(41-42(4)5)27-17-12-19-35-28(27)23-37(29-18-10-13-24-14-11-20-36-30(24)29)21-8-9-22-38-32(39)25-15-6-7-16-26(25)33(38)40/h6-7,11-12,14-17,19-20,29,31H,8-10,13,18,21-23H2,1-5H3. The Morgan fingerprint density at radius 3 is 2.36 bits per heavy atom. The number of carbonyl (C=O) groups excluding carboxylic acids is 2. The van der Waals surface area contributed by atoms with E-state index in [-0.39, 0.29) is 29.4 Å². The van der Waals surface area contributed by atoms with E-state index in [1.807, 2.05) is 36.7 Å². The highest BCUT2D eigenvalue weighted by molar-refractivity contribution is 6.48. The van der Waals surface area contributed by atoms with E-state index in [0.717, 1.165) is 55.6 Å². The van der Waals surface area contributed by atoms with E-state index in [9.17, 15) is 9.59 Å². The molecule has 42 heavy (non-hydrogen) atoms. The third-order valence-electron chi connectivity index (χ3n) is 8.26. The molecule has 5 rings (SSSR count). The quantitative estimate of drug-likeness (QED) is 0.141. The Hall–Kier alpha value is -3.20. The van der Waals surface area contributed by atoms with Crippen LogP contribution in [0.5, 0.6) is 0 Å². The lowest BCUT2D eigenvalue weighted by Crippen LogP contribution is -2.35. The number of hydrogen-bond donors (Lipinski definition) is 0. The fourth-order valence-electron chi connectivity index (χ4n) is 6.27. The summed E-state index contributed by atoms with van der Waals surface area (Å²) in [5, 5.41) is 0. The molecule has 0 spiro atoms. The molecule has 0 saturated heterocycles. The molecule has 0 fully saturated rings. The molecule has 3 heterocycles. The molecule has 1 aliphatic heterocycles. The van der Waals surface area contributed by atoms with Crippen molar-refractivity contribution >= 4 is 20.9 Å². The number of fused-ring (bicyclic) bond motifs is 2. The second-order valence-corrected chi connectivity index (χ2v) is 14.8. The average molecular weight is 584 g/mol. The zero-order valence-corrected chi connectivity index (χ0v) is 26.6. The van der Waals surface area contributed by atoms with Crippen LogP contribution in [0.3, 0.4) is 0 Å². The third-order valence-corrected chi connectivity index (χ3v) is 8.97. The molecule has 2 aromatic heterocycles. The maximum atomic E-state index is 12.9. The number of hydrogen-bond acceptors (Lipinski definition) is 6. The van der Waals surface area contributed by atoms with Crippen LogP contribution in [0.2, 0.25) is 13.1 Å². The maximum absolute atomic E-state index is 12.9. The Morgan fingerprint density at radius 1 is 0.976 bits per heavy atom. The van der Waals surface area contributed by atoms with Gasteiger partial charge in [-0.3, -0.25) is 29.4 Å². The Balaban J connectivity index is 1.36. The van der Waals surface area contributed by atoms with Gasteiger partial charge in [-0.05, 0) is 87.0 Å². The van der Waals surface area contributed by atoms with Gasteiger partial charge < -0.3 is 4.43 Å². The second-order valence-electron chi connectivity index (χ2n) is 12.8. The number of amides is 2. The fourth-order valence-corrected chi connectivity index (χ4v) is 7.22. The van der Waals surface area contributed by atoms with E-state index in [4.69, 9.17) is 14.4 Å². The lowest BCUT2D eigenvalue weighted by molar-refractivity contribution is 0.0648. The van der Waals surface area contributed by atoms with Crippen molar-refractivity contribution in [3.8, 4) is 0 Å². The molecule has 221 valence electrons. The molecule has 8 heteroatoms. The summed E-state index contributed by atoms with van der Waals surface area (Å²) in [6.45, 7) is 13.0. The van der Waals surface area contributed by atoms with Gasteiger partial charge in [0.2, 0.25) is 9.04 Å². The summed E-state index contributed by atoms with van der Waals surface area (Å²) in [7, 11) is -0.932. The first-order valence-electron chi connectivity index (χ1n) is 15.2. The van der Waals surface area contributed by atoms with Gasteiger partial charge in [-0.15, -0.1) is 0 Å². The average Bonchev–Trinajstić information content (AvgIpc) is 3.21. The van der Waals surface area contributed by atoms with Gasteiger partial charge in [-0.2, -0.15) is 0 Å². The van der Waals surface area contributed by atoms with Gasteiger partial charge >= 0.3 is 0 Å². The zero-order chi connectivity index (χ0) is 29.9. The maximum Gasteiger partial charge on any atom is 0.261 e. The highest BCUT2D eigenvalue weighted by Gasteiger charge is 2.35. The van der Waals surface area contributed by atoms with Crippen molar-refractivity contribution in [2.24, 2.45) is 5.41 Å². The first kappa shape index (κ1) is 30.3. The van der Waals surface area contributed by atoms with Gasteiger partial charge in [0, 0.05) is 31.0 Å². The Labute approximate surface area is 252 Å². The number of imide groups is 1. The van der Waals surface area contributed by atoms with Crippen LogP contribution in [0, 0.1) is 5.41 Å². The number of rotatable bonds is 11. The Bertz CT molecular complexity index is 1380. The molecule has 0 saturated carbocycles. The fraction of sp³-hybridized carbons (Fsp3) is 0.471. The summed E-state index contributed by atoms with van der Waals surface area (Å²) in [5.41, 5.74) is 5.64. The minimum Gasteiger partial charge on any atom is -0.410 e. The first-order valence-corrected chi connectivity index (χ1v) is 17.6. The number of benzene rings is 1. The van der Waals surface area contributed by atoms with Crippen LogP contribution in [0.15, 0.2) is 60.9 Å². The van der Waals surface area contributed by atoms with E-state index in [1.165, 1.54) is 10.5 Å². The normalized spacial score (nSPS) is 17.6. The minimum absolute atomic E-state index is 0.0440. The van der Waals surface area contributed by atoms with E-state index in [1.54, 1.807) is 12.1 Å². The summed E-state index contributed by atoms with van der Waals surface area (Å²) >= 11 is 0. The van der Waals surface area contributed by atoms with E-state index < -0.39 is 9.04 Å². The smallest absolute Gasteiger partial charge is 0.261 e. The van der Waals surface area contributed by atoms with Gasteiger partial charge in [-0.25, -0.2) is 0 Å². The van der Waals surface area contributed by atoms with Gasteiger partial charge in [0.25, 0.3) is 11.8 Å². The van der Waals surface area contributed by atoms with Gasteiger partial charge in [-0.1, -0.05) is 45.0 Å². The van der Waals surface area contributed by atoms with Crippen LogP contribution in [0.4, 0.5) is 0 Å². The topological polar surface area (TPSA) is 75.6 Å². The Kier molecular flexibility index (Phi) is 9.35. The molecule has 2 atom stereocenters. The van der Waals surface area contributed by atoms with Crippen LogP contribution in [-0.2, 0) is 17.4 Å². The molecule has 1 aliphatic carbocycles. The highest BCUT2D eigenvalue weighted by atomic mass is 28.3. The third kappa shape index (κ3) is 6.56. The monoisotopic (exact) mass is 583 g/mol. The largest absolute Gasteiger partial charge is 0.410 e. The van der Waals surface area contributed by atoms with Crippen molar-refractivity contribution in [2.45, 2.75) is 84.7 Å². The van der Waals surface area contributed by atoms with E-state index in [0.29, 0.717) is 24.2 Å². The molecule has 7 nitrogen and oxygen atoms in total. The Morgan fingerprint density at radius 2 is 1.67 bits per heavy atom. The molecule has 2 aliphatic rings. The summed E-state index contributed by atoms with van der Waals surface area (Å²) in [5.74, 6) is -0.367. The van der Waals surface area contributed by atoms with Gasteiger partial charge in [0.1, 0.15) is 0 Å². The SMILES string of the molecule is C[Si](C)OC(c1cccnc1CN(CCCCN1C(=O)c2ccccc2C1=O)C1CCCc2cccnc21)C(C)(C)C. The summed E-state index contributed by atoms with van der Waals surface area (Å²) in [6.07, 6.45) is 8.55. The lowest BCUT2D eigenvalue weighted by Gasteiger charge is -2.37. The summed E-state index contributed by atoms with van der Waals surface area (Å²) in [6, 6.07) is 15.7. The van der Waals surface area contributed by atoms with Crippen molar-refractivity contribution in [3.63, 3.8) is 0 Å². The molecule has 1 radical (unpaired) electrons. The molecule has 1 aromatic carbocycles. The number of carbonyl (C=O) groups is 2. The van der Waals surface area contributed by atoms with Crippen molar-refractivity contribution in [1.82, 2.24) is 19.8 Å². The van der Waals surface area contributed by atoms with Crippen LogP contribution in [0.25, 0.3) is 0 Å². The predicted molar refractivity (Wildman–Crippen MR) is 166 cm³/mol. The van der Waals surface area contributed by atoms with E-state index in [2.05, 4.69) is 50.9 Å². The zero-order valence-electron chi connectivity index (χ0n) is 25.6. The highest BCUT2D eigenvalue weighted by Crippen LogP contribution is 2.39. The van der Waals surface area contributed by atoms with Crippen LogP contribution in [-0.4, -0.2) is 53.7 Å². The number of nitrogens with zero attached hydrogens (tertiary/aromatic N) is 4. The molecule has 0 N–H and O–H groups in total. The number of aromatic nitrogens is 2. The van der Waals surface area contributed by atoms with Crippen molar-refractivity contribution in [2.75, 3.05) is 13.1 Å². The number of unbranched alkanes of at least 4 members (excludes halogenated alkanes) is 1. The van der Waals surface area contributed by atoms with Crippen LogP contribution in [0.1, 0.15) is 102 Å². The van der Waals surface area contributed by atoms with Crippen molar-refractivity contribution in [3.05, 3.63) is 94.6 Å². The molecular weight excluding hydrogens is 540 g/mol. The van der Waals surface area contributed by atoms with Crippen molar-refractivity contribution in [1.29, 1.82) is 0 Å². The molecular formula is C34H43N4O3Si.